The summed E-state index contributed by atoms with van der Waals surface area (Å²) < 4.78 is 5.42. The van der Waals surface area contributed by atoms with Crippen LogP contribution in [0.1, 0.15) is 39.7 Å². The van der Waals surface area contributed by atoms with E-state index in [9.17, 15) is 9.59 Å². The molecule has 0 bridgehead atoms. The molecule has 3 aromatic rings. The number of nitrogens with zero attached hydrogens (tertiary/aromatic N) is 1. The Labute approximate surface area is 204 Å². The molecule has 1 aliphatic heterocycles. The minimum absolute atomic E-state index is 0.0481. The molecule has 0 aliphatic carbocycles. The fourth-order valence-corrected chi connectivity index (χ4v) is 5.00. The fourth-order valence-electron chi connectivity index (χ4n) is 4.38. The highest BCUT2D eigenvalue weighted by atomic mass is 32.1. The van der Waals surface area contributed by atoms with E-state index in [1.165, 1.54) is 11.3 Å². The zero-order chi connectivity index (χ0) is 23.8. The van der Waals surface area contributed by atoms with Crippen LogP contribution in [0.15, 0.2) is 72.1 Å². The van der Waals surface area contributed by atoms with Gasteiger partial charge in [-0.15, -0.1) is 11.3 Å². The first-order chi connectivity index (χ1) is 16.6. The lowest BCUT2D eigenvalue weighted by molar-refractivity contribution is -0.123. The number of rotatable bonds is 10. The summed E-state index contributed by atoms with van der Waals surface area (Å²) in [4.78, 5) is 29.1. The van der Waals surface area contributed by atoms with Crippen molar-refractivity contribution in [3.63, 3.8) is 0 Å². The molecule has 1 fully saturated rings. The Hall–Kier alpha value is -3.16. The third-order valence-corrected chi connectivity index (χ3v) is 7.05. The summed E-state index contributed by atoms with van der Waals surface area (Å²) in [6.07, 6.45) is 2.74. The average Bonchev–Trinajstić information content (AvgIpc) is 3.59. The summed E-state index contributed by atoms with van der Waals surface area (Å²) in [5, 5.41) is 7.94. The highest BCUT2D eigenvalue weighted by Crippen LogP contribution is 2.27. The Morgan fingerprint density at radius 3 is 2.53 bits per heavy atom. The van der Waals surface area contributed by atoms with Crippen LogP contribution < -0.4 is 15.4 Å². The predicted octanol–water partition coefficient (Wildman–Crippen LogP) is 4.05. The van der Waals surface area contributed by atoms with Crippen molar-refractivity contribution in [2.24, 2.45) is 0 Å². The van der Waals surface area contributed by atoms with Crippen LogP contribution in [0.25, 0.3) is 0 Å². The van der Waals surface area contributed by atoms with E-state index in [-0.39, 0.29) is 17.9 Å². The summed E-state index contributed by atoms with van der Waals surface area (Å²) in [6, 6.07) is 20.8. The summed E-state index contributed by atoms with van der Waals surface area (Å²) in [7, 11) is 1.66. The SMILES string of the molecule is COc1cccc([C@H](CNC(=O)[C@H](Cc2ccccc2)NC(=O)c2cccs2)N2CCCC2)c1. The van der Waals surface area contributed by atoms with E-state index in [4.69, 9.17) is 4.74 Å². The monoisotopic (exact) mass is 477 g/mol. The smallest absolute Gasteiger partial charge is 0.262 e. The van der Waals surface area contributed by atoms with Gasteiger partial charge in [0.15, 0.2) is 0 Å². The Morgan fingerprint density at radius 2 is 1.82 bits per heavy atom. The van der Waals surface area contributed by atoms with Crippen molar-refractivity contribution in [1.29, 1.82) is 0 Å². The largest absolute Gasteiger partial charge is 0.497 e. The Morgan fingerprint density at radius 1 is 1.03 bits per heavy atom. The quantitative estimate of drug-likeness (QED) is 0.462. The van der Waals surface area contributed by atoms with E-state index in [0.717, 1.165) is 42.8 Å². The first-order valence-electron chi connectivity index (χ1n) is 11.7. The van der Waals surface area contributed by atoms with E-state index in [2.05, 4.69) is 21.6 Å². The van der Waals surface area contributed by atoms with Gasteiger partial charge in [0, 0.05) is 13.0 Å². The molecule has 178 valence electrons. The summed E-state index contributed by atoms with van der Waals surface area (Å²) in [5.41, 5.74) is 2.11. The maximum absolute atomic E-state index is 13.4. The number of nitrogens with one attached hydrogen (secondary N) is 2. The van der Waals surface area contributed by atoms with Crippen molar-refractivity contribution in [3.8, 4) is 5.75 Å². The number of thiophene rings is 1. The highest BCUT2D eigenvalue weighted by Gasteiger charge is 2.27. The topological polar surface area (TPSA) is 70.7 Å². The molecule has 7 heteroatoms. The van der Waals surface area contributed by atoms with Crippen molar-refractivity contribution >= 4 is 23.2 Å². The summed E-state index contributed by atoms with van der Waals surface area (Å²) in [5.74, 6) is 0.397. The molecule has 0 spiro atoms. The Bertz CT molecular complexity index is 1070. The number of carbonyl (C=O) groups is 2. The van der Waals surface area contributed by atoms with Crippen LogP contribution in [0, 0.1) is 0 Å². The Balaban J connectivity index is 1.49. The third kappa shape index (κ3) is 6.24. The molecule has 2 aromatic carbocycles. The minimum Gasteiger partial charge on any atom is -0.497 e. The molecule has 1 saturated heterocycles. The van der Waals surface area contributed by atoms with Gasteiger partial charge in [0.05, 0.1) is 18.0 Å². The molecule has 1 aromatic heterocycles. The number of hydrogen-bond donors (Lipinski definition) is 2. The molecular weight excluding hydrogens is 446 g/mol. The van der Waals surface area contributed by atoms with Gasteiger partial charge in [-0.2, -0.15) is 0 Å². The van der Waals surface area contributed by atoms with Crippen molar-refractivity contribution in [3.05, 3.63) is 88.1 Å². The number of carbonyl (C=O) groups excluding carboxylic acids is 2. The molecule has 0 unspecified atom stereocenters. The Kier molecular flexibility index (Phi) is 8.33. The molecule has 2 amide bonds. The second-order valence-electron chi connectivity index (χ2n) is 8.47. The van der Waals surface area contributed by atoms with Gasteiger partial charge in [-0.05, 0) is 60.6 Å². The molecule has 0 radical (unpaired) electrons. The second kappa shape index (κ2) is 11.8. The van der Waals surface area contributed by atoms with Gasteiger partial charge in [0.2, 0.25) is 5.91 Å². The maximum Gasteiger partial charge on any atom is 0.262 e. The van der Waals surface area contributed by atoms with Crippen molar-refractivity contribution in [2.75, 3.05) is 26.7 Å². The standard InChI is InChI=1S/C27H31N3O3S/c1-33-22-12-7-11-21(18-22)24(30-14-5-6-15-30)19-28-26(31)23(17-20-9-3-2-4-10-20)29-27(32)25-13-8-16-34-25/h2-4,7-13,16,18,23-24H,5-6,14-15,17,19H2,1H3,(H,28,31)(H,29,32)/t23-,24-/m0/s1. The minimum atomic E-state index is -0.665. The van der Waals surface area contributed by atoms with Crippen molar-refractivity contribution in [1.82, 2.24) is 15.5 Å². The van der Waals surface area contributed by atoms with Crippen LogP contribution in [-0.4, -0.2) is 49.5 Å². The normalized spacial score (nSPS) is 15.4. The zero-order valence-corrected chi connectivity index (χ0v) is 20.2. The van der Waals surface area contributed by atoms with E-state index in [1.54, 1.807) is 13.2 Å². The van der Waals surface area contributed by atoms with Crippen molar-refractivity contribution in [2.45, 2.75) is 31.3 Å². The number of hydrogen-bond acceptors (Lipinski definition) is 5. The average molecular weight is 478 g/mol. The number of ether oxygens (including phenoxy) is 1. The maximum atomic E-state index is 13.4. The lowest BCUT2D eigenvalue weighted by atomic mass is 10.0. The van der Waals surface area contributed by atoms with Gasteiger partial charge in [-0.25, -0.2) is 0 Å². The van der Waals surface area contributed by atoms with Gasteiger partial charge < -0.3 is 15.4 Å². The van der Waals surface area contributed by atoms with Crippen LogP contribution in [-0.2, 0) is 11.2 Å². The number of likely N-dealkylation sites (tertiary alicyclic amines) is 1. The van der Waals surface area contributed by atoms with Crippen LogP contribution in [0.2, 0.25) is 0 Å². The first kappa shape index (κ1) is 24.0. The van der Waals surface area contributed by atoms with Gasteiger partial charge in [-0.3, -0.25) is 14.5 Å². The zero-order valence-electron chi connectivity index (χ0n) is 19.4. The molecule has 34 heavy (non-hydrogen) atoms. The van der Waals surface area contributed by atoms with Gasteiger partial charge in [0.25, 0.3) is 5.91 Å². The van der Waals surface area contributed by atoms with E-state index in [1.807, 2.05) is 60.0 Å². The molecule has 2 N–H and O–H groups in total. The van der Waals surface area contributed by atoms with E-state index in [0.29, 0.717) is 17.8 Å². The number of benzene rings is 2. The fraction of sp³-hybridized carbons (Fsp3) is 0.333. The van der Waals surface area contributed by atoms with E-state index >= 15 is 0 Å². The van der Waals surface area contributed by atoms with Crippen LogP contribution in [0.4, 0.5) is 0 Å². The number of amides is 2. The van der Waals surface area contributed by atoms with Crippen LogP contribution in [0.3, 0.4) is 0 Å². The highest BCUT2D eigenvalue weighted by molar-refractivity contribution is 7.12. The van der Waals surface area contributed by atoms with Crippen LogP contribution in [0.5, 0.6) is 5.75 Å². The third-order valence-electron chi connectivity index (χ3n) is 6.18. The molecule has 4 rings (SSSR count). The molecule has 1 aliphatic rings. The van der Waals surface area contributed by atoms with E-state index < -0.39 is 6.04 Å². The van der Waals surface area contributed by atoms with Crippen LogP contribution >= 0.6 is 11.3 Å². The second-order valence-corrected chi connectivity index (χ2v) is 9.42. The van der Waals surface area contributed by atoms with Gasteiger partial charge >= 0.3 is 0 Å². The molecule has 6 nitrogen and oxygen atoms in total. The molecular formula is C27H31N3O3S. The van der Waals surface area contributed by atoms with Crippen molar-refractivity contribution < 1.29 is 14.3 Å². The van der Waals surface area contributed by atoms with Gasteiger partial charge in [-0.1, -0.05) is 48.5 Å². The predicted molar refractivity (Wildman–Crippen MR) is 135 cm³/mol. The molecule has 0 saturated carbocycles. The summed E-state index contributed by atoms with van der Waals surface area (Å²) in [6.45, 7) is 2.47. The summed E-state index contributed by atoms with van der Waals surface area (Å²) >= 11 is 1.36. The molecule has 2 heterocycles. The first-order valence-corrected chi connectivity index (χ1v) is 12.6. The number of methoxy groups -OCH3 is 1. The lowest BCUT2D eigenvalue weighted by Crippen LogP contribution is -2.49. The lowest BCUT2D eigenvalue weighted by Gasteiger charge is -2.29. The van der Waals surface area contributed by atoms with Gasteiger partial charge in [0.1, 0.15) is 11.8 Å². The molecule has 2 atom stereocenters.